The van der Waals surface area contributed by atoms with Crippen LogP contribution in [0.15, 0.2) is 95.8 Å². The molecule has 0 radical (unpaired) electrons. The van der Waals surface area contributed by atoms with Crippen LogP contribution >= 0.6 is 34.3 Å². The Kier molecular flexibility index (Phi) is 15.4. The standard InChI is InChI=1S/C56H62ClN11O5S2/c1-30(25-58-46(70)24-43-52-65-64-35(6)68(52)55-48(31(2)34(5)75-55)49(62-43)39-18-20-41(57)21-19-39)66-27-44(59-28-66)38-12-10-36(11-13-38)22-47(71)63-51(56(7,8)9)54(73)67-26-42(69)23-45(67)53(72)61-32(3)37-14-16-40(17-15-37)50-33(4)60-29-74-50/h10-21,27-30,32,42-43,45,51,69H,22-26H2,1-9H3,(H,58,70)(H,61,72)(H,63,71)/t30-,32-,42+,43-,45-,51?/m0/s1. The number of β-amino-alcohol motifs (C(OH)–C–C–N with tert-alkyl or cyclic N) is 1. The second kappa shape index (κ2) is 21.8. The molecule has 75 heavy (non-hydrogen) atoms. The molecule has 1 saturated heterocycles. The zero-order valence-electron chi connectivity index (χ0n) is 43.5. The predicted octanol–water partition coefficient (Wildman–Crippen LogP) is 8.78. The number of aliphatic hydroxyl groups excluding tert-OH is 1. The van der Waals surface area contributed by atoms with Crippen molar-refractivity contribution in [1.29, 1.82) is 0 Å². The summed E-state index contributed by atoms with van der Waals surface area (Å²) in [7, 11) is 0. The SMILES string of the molecule is Cc1ncsc1-c1ccc([C@H](C)NC(=O)[C@@H]2C[C@@H](O)CN2C(=O)C(NC(=O)Cc2ccc(-c3cn([C@@H](C)CNC(=O)C[C@@H]4N=C(c5ccc(Cl)cc5)c5c(sc(C)c5C)-n5c(C)nnc54)cn3)cc2)C(C)(C)C)cc1. The minimum Gasteiger partial charge on any atom is -0.391 e. The highest BCUT2D eigenvalue weighted by molar-refractivity contribution is 7.15. The minimum absolute atomic E-state index is 0.0114. The Morgan fingerprint density at radius 1 is 0.867 bits per heavy atom. The van der Waals surface area contributed by atoms with Crippen LogP contribution in [0.3, 0.4) is 0 Å². The van der Waals surface area contributed by atoms with Gasteiger partial charge in [0.05, 0.1) is 58.8 Å². The fourth-order valence-electron chi connectivity index (χ4n) is 9.68. The molecule has 16 nitrogen and oxygen atoms in total. The number of carbonyl (C=O) groups is 4. The maximum atomic E-state index is 14.3. The fourth-order valence-corrected chi connectivity index (χ4v) is 11.8. The van der Waals surface area contributed by atoms with Crippen LogP contribution in [-0.2, 0) is 25.6 Å². The number of aromatic nitrogens is 6. The Hall–Kier alpha value is -6.86. The molecule has 4 aromatic heterocycles. The summed E-state index contributed by atoms with van der Waals surface area (Å²) in [6.45, 7) is 17.9. The third-order valence-electron chi connectivity index (χ3n) is 14.1. The van der Waals surface area contributed by atoms with E-state index < -0.39 is 35.6 Å². The zero-order valence-corrected chi connectivity index (χ0v) is 45.9. The minimum atomic E-state index is -0.964. The number of hydrogen-bond donors (Lipinski definition) is 4. The lowest BCUT2D eigenvalue weighted by atomic mass is 9.85. The van der Waals surface area contributed by atoms with Crippen LogP contribution < -0.4 is 16.0 Å². The number of thiazole rings is 1. The number of aliphatic hydroxyl groups is 1. The number of imidazole rings is 1. The highest BCUT2D eigenvalue weighted by Gasteiger charge is 2.45. The van der Waals surface area contributed by atoms with Gasteiger partial charge >= 0.3 is 0 Å². The van der Waals surface area contributed by atoms with Gasteiger partial charge in [0.15, 0.2) is 5.82 Å². The number of likely N-dealkylation sites (tertiary alicyclic amines) is 1. The first kappa shape index (κ1) is 53.0. The van der Waals surface area contributed by atoms with Gasteiger partial charge in [0.25, 0.3) is 0 Å². The van der Waals surface area contributed by atoms with Gasteiger partial charge in [0, 0.05) is 58.3 Å². The summed E-state index contributed by atoms with van der Waals surface area (Å²) in [5, 5.41) is 30.4. The van der Waals surface area contributed by atoms with Gasteiger partial charge in [-0.15, -0.1) is 32.9 Å². The third kappa shape index (κ3) is 11.4. The first-order valence-electron chi connectivity index (χ1n) is 25.1. The molecular weight excluding hydrogens is 1010 g/mol. The normalized spacial score (nSPS) is 17.6. The number of amides is 4. The van der Waals surface area contributed by atoms with E-state index in [1.807, 2.05) is 142 Å². The van der Waals surface area contributed by atoms with Crippen molar-refractivity contribution in [2.75, 3.05) is 13.1 Å². The second-order valence-electron chi connectivity index (χ2n) is 20.7. The van der Waals surface area contributed by atoms with Crippen LogP contribution in [0.1, 0.15) is 116 Å². The zero-order chi connectivity index (χ0) is 53.5. The summed E-state index contributed by atoms with van der Waals surface area (Å²) in [4.78, 5) is 73.4. The first-order chi connectivity index (χ1) is 35.7. The molecule has 7 aromatic rings. The molecule has 0 spiro atoms. The number of aliphatic imine (C=N–C) groups is 1. The van der Waals surface area contributed by atoms with Crippen molar-refractivity contribution in [3.63, 3.8) is 0 Å². The predicted molar refractivity (Wildman–Crippen MR) is 293 cm³/mol. The van der Waals surface area contributed by atoms with Crippen molar-refractivity contribution < 1.29 is 24.3 Å². The summed E-state index contributed by atoms with van der Waals surface area (Å²) in [6.07, 6.45) is 2.93. The molecule has 6 atom stereocenters. The number of nitrogens with one attached hydrogen (secondary N) is 3. The molecule has 9 rings (SSSR count). The fraction of sp³-hybridized carbons (Fsp3) is 0.375. The van der Waals surface area contributed by atoms with Crippen molar-refractivity contribution in [3.8, 4) is 26.7 Å². The maximum Gasteiger partial charge on any atom is 0.246 e. The average Bonchev–Trinajstić information content (AvgIpc) is 4.24. The van der Waals surface area contributed by atoms with E-state index >= 15 is 0 Å². The van der Waals surface area contributed by atoms with Gasteiger partial charge < -0.3 is 30.5 Å². The lowest BCUT2D eigenvalue weighted by Gasteiger charge is -2.35. The molecule has 4 amide bonds. The Balaban J connectivity index is 0.797. The summed E-state index contributed by atoms with van der Waals surface area (Å²) < 4.78 is 3.98. The number of fused-ring (bicyclic) bond motifs is 3. The monoisotopic (exact) mass is 1070 g/mol. The number of hydrogen-bond acceptors (Lipinski definition) is 12. The molecule has 390 valence electrons. The highest BCUT2D eigenvalue weighted by Crippen LogP contribution is 2.40. The summed E-state index contributed by atoms with van der Waals surface area (Å²) >= 11 is 9.52. The summed E-state index contributed by atoms with van der Waals surface area (Å²) in [6, 6.07) is 20.1. The Bertz CT molecular complexity index is 3280. The number of nitrogens with zero attached hydrogens (tertiary/aromatic N) is 8. The largest absolute Gasteiger partial charge is 0.391 e. The number of thiophene rings is 1. The van der Waals surface area contributed by atoms with Gasteiger partial charge in [-0.2, -0.15) is 0 Å². The number of carbonyl (C=O) groups excluding carboxylic acids is 4. The van der Waals surface area contributed by atoms with Crippen LogP contribution in [0.25, 0.3) is 26.7 Å². The second-order valence-corrected chi connectivity index (χ2v) is 23.2. The van der Waals surface area contributed by atoms with E-state index in [2.05, 4.69) is 50.0 Å². The summed E-state index contributed by atoms with van der Waals surface area (Å²) in [5.74, 6) is 0.00649. The molecule has 1 unspecified atom stereocenters. The first-order valence-corrected chi connectivity index (χ1v) is 27.2. The molecule has 3 aromatic carbocycles. The topological polar surface area (TPSA) is 202 Å². The molecule has 4 N–H and O–H groups in total. The number of aryl methyl sites for hydroxylation is 3. The van der Waals surface area contributed by atoms with Gasteiger partial charge in [0.1, 0.15) is 29.0 Å². The van der Waals surface area contributed by atoms with E-state index in [9.17, 15) is 24.3 Å². The van der Waals surface area contributed by atoms with Gasteiger partial charge in [-0.05, 0) is 81.3 Å². The van der Waals surface area contributed by atoms with Gasteiger partial charge in [-0.3, -0.25) is 28.7 Å². The Labute approximate surface area is 449 Å². The molecule has 6 heterocycles. The quantitative estimate of drug-likeness (QED) is 0.0775. The molecule has 19 heteroatoms. The highest BCUT2D eigenvalue weighted by atomic mass is 35.5. The van der Waals surface area contributed by atoms with Crippen LogP contribution in [-0.4, -0.2) is 99.9 Å². The van der Waals surface area contributed by atoms with E-state index in [1.54, 1.807) is 29.0 Å². The molecular formula is C56H62ClN11O5S2. The van der Waals surface area contributed by atoms with Crippen LogP contribution in [0, 0.1) is 33.1 Å². The third-order valence-corrected chi connectivity index (χ3v) is 16.5. The van der Waals surface area contributed by atoms with Crippen molar-refractivity contribution in [2.45, 2.75) is 118 Å². The lowest BCUT2D eigenvalue weighted by Crippen LogP contribution is -2.58. The lowest BCUT2D eigenvalue weighted by molar-refractivity contribution is -0.144. The molecule has 2 aliphatic rings. The van der Waals surface area contributed by atoms with E-state index in [-0.39, 0.29) is 55.6 Å². The van der Waals surface area contributed by atoms with Crippen molar-refractivity contribution in [1.82, 2.24) is 50.1 Å². The number of rotatable bonds is 15. The van der Waals surface area contributed by atoms with Crippen LogP contribution in [0.2, 0.25) is 5.02 Å². The summed E-state index contributed by atoms with van der Waals surface area (Å²) in [5.41, 5.74) is 10.1. The van der Waals surface area contributed by atoms with Gasteiger partial charge in [0.2, 0.25) is 23.6 Å². The maximum absolute atomic E-state index is 14.3. The molecule has 0 saturated carbocycles. The van der Waals surface area contributed by atoms with Crippen molar-refractivity contribution in [2.24, 2.45) is 10.4 Å². The van der Waals surface area contributed by atoms with Crippen LogP contribution in [0.4, 0.5) is 0 Å². The van der Waals surface area contributed by atoms with E-state index in [0.29, 0.717) is 17.4 Å². The van der Waals surface area contributed by atoms with Gasteiger partial charge in [-0.1, -0.05) is 93.0 Å². The van der Waals surface area contributed by atoms with Crippen LogP contribution in [0.5, 0.6) is 0 Å². The smallest absolute Gasteiger partial charge is 0.246 e. The van der Waals surface area contributed by atoms with Gasteiger partial charge in [-0.25, -0.2) is 9.97 Å². The van der Waals surface area contributed by atoms with E-state index in [4.69, 9.17) is 16.6 Å². The van der Waals surface area contributed by atoms with E-state index in [1.165, 1.54) is 9.78 Å². The van der Waals surface area contributed by atoms with Crippen molar-refractivity contribution >= 4 is 63.6 Å². The number of halogens is 1. The van der Waals surface area contributed by atoms with E-state index in [0.717, 1.165) is 71.7 Å². The molecule has 2 aliphatic heterocycles. The molecule has 0 aliphatic carbocycles. The molecule has 0 bridgehead atoms. The number of benzene rings is 3. The molecule has 1 fully saturated rings. The van der Waals surface area contributed by atoms with Crippen molar-refractivity contribution in [3.05, 3.63) is 146 Å². The Morgan fingerprint density at radius 3 is 2.24 bits per heavy atom. The Morgan fingerprint density at radius 2 is 1.56 bits per heavy atom. The average molecular weight is 1070 g/mol.